The molecule has 1 fully saturated rings. The quantitative estimate of drug-likeness (QED) is 0.694. The summed E-state index contributed by atoms with van der Waals surface area (Å²) in [7, 11) is 2.26. The molecule has 88 valence electrons. The molecule has 2 heteroatoms. The van der Waals surface area contributed by atoms with Crippen LogP contribution in [0.25, 0.3) is 0 Å². The number of thioether (sulfide) groups is 1. The van der Waals surface area contributed by atoms with Gasteiger partial charge in [-0.1, -0.05) is 18.2 Å². The van der Waals surface area contributed by atoms with E-state index in [9.17, 15) is 0 Å². The van der Waals surface area contributed by atoms with Gasteiger partial charge in [0.15, 0.2) is 0 Å². The van der Waals surface area contributed by atoms with Gasteiger partial charge in [-0.05, 0) is 44.9 Å². The largest absolute Gasteiger partial charge is 0.303 e. The molecule has 16 heavy (non-hydrogen) atoms. The van der Waals surface area contributed by atoms with E-state index in [0.717, 1.165) is 12.0 Å². The third kappa shape index (κ3) is 3.53. The van der Waals surface area contributed by atoms with Gasteiger partial charge in [-0.15, -0.1) is 11.8 Å². The van der Waals surface area contributed by atoms with E-state index >= 15 is 0 Å². The van der Waals surface area contributed by atoms with Crippen LogP contribution in [0.5, 0.6) is 0 Å². The molecule has 1 aromatic rings. The van der Waals surface area contributed by atoms with E-state index in [4.69, 9.17) is 0 Å². The second-order valence-electron chi connectivity index (χ2n) is 4.72. The molecule has 2 rings (SSSR count). The van der Waals surface area contributed by atoms with E-state index in [1.165, 1.54) is 30.0 Å². The monoisotopic (exact) mass is 235 g/mol. The lowest BCUT2D eigenvalue weighted by Crippen LogP contribution is -2.32. The van der Waals surface area contributed by atoms with Gasteiger partial charge >= 0.3 is 0 Å². The van der Waals surface area contributed by atoms with Gasteiger partial charge in [0.1, 0.15) is 0 Å². The van der Waals surface area contributed by atoms with Crippen molar-refractivity contribution in [1.29, 1.82) is 0 Å². The summed E-state index contributed by atoms with van der Waals surface area (Å²) in [6.45, 7) is 3.56. The molecule has 0 N–H and O–H groups in total. The summed E-state index contributed by atoms with van der Waals surface area (Å²) in [5.41, 5.74) is 0. The van der Waals surface area contributed by atoms with Crippen LogP contribution < -0.4 is 0 Å². The molecule has 0 aromatic heterocycles. The van der Waals surface area contributed by atoms with Crippen LogP contribution >= 0.6 is 11.8 Å². The predicted molar refractivity (Wildman–Crippen MR) is 72.0 cm³/mol. The van der Waals surface area contributed by atoms with Crippen LogP contribution in [-0.4, -0.2) is 30.3 Å². The minimum atomic E-state index is 0.774. The fraction of sp³-hybridized carbons (Fsp3) is 0.571. The maximum atomic E-state index is 2.51. The summed E-state index contributed by atoms with van der Waals surface area (Å²) in [4.78, 5) is 3.89. The number of rotatable bonds is 6. The fourth-order valence-corrected chi connectivity index (χ4v) is 2.93. The van der Waals surface area contributed by atoms with E-state index in [1.807, 2.05) is 11.8 Å². The van der Waals surface area contributed by atoms with E-state index in [0.29, 0.717) is 0 Å². The van der Waals surface area contributed by atoms with E-state index in [-0.39, 0.29) is 0 Å². The average Bonchev–Trinajstić information content (AvgIpc) is 3.13. The van der Waals surface area contributed by atoms with Gasteiger partial charge in [-0.2, -0.15) is 0 Å². The highest BCUT2D eigenvalue weighted by molar-refractivity contribution is 7.99. The Morgan fingerprint density at radius 2 is 2.00 bits per heavy atom. The molecule has 1 nitrogen and oxygen atoms in total. The van der Waals surface area contributed by atoms with Crippen molar-refractivity contribution in [2.24, 2.45) is 5.92 Å². The molecule has 0 amide bonds. The third-order valence-electron chi connectivity index (χ3n) is 3.46. The Labute approximate surface area is 103 Å². The molecular weight excluding hydrogens is 214 g/mol. The van der Waals surface area contributed by atoms with Gasteiger partial charge in [0, 0.05) is 23.2 Å². The Bertz CT molecular complexity index is 308. The SMILES string of the molecule is CC(C1CC1)N(C)CCSc1ccccc1. The number of nitrogens with zero attached hydrogens (tertiary/aromatic N) is 1. The number of hydrogen-bond donors (Lipinski definition) is 0. The first-order chi connectivity index (χ1) is 7.77. The van der Waals surface area contributed by atoms with Crippen molar-refractivity contribution < 1.29 is 0 Å². The standard InChI is InChI=1S/C14H21NS/c1-12(13-8-9-13)15(2)10-11-16-14-6-4-3-5-7-14/h3-7,12-13H,8-11H2,1-2H3. The highest BCUT2D eigenvalue weighted by Gasteiger charge is 2.29. The summed E-state index contributed by atoms with van der Waals surface area (Å²) < 4.78 is 0. The molecule has 1 aromatic carbocycles. The Hall–Kier alpha value is -0.470. The lowest BCUT2D eigenvalue weighted by molar-refractivity contribution is 0.248. The predicted octanol–water partition coefficient (Wildman–Crippen LogP) is 3.51. The molecule has 0 radical (unpaired) electrons. The Balaban J connectivity index is 1.67. The van der Waals surface area contributed by atoms with E-state index < -0.39 is 0 Å². The number of benzene rings is 1. The van der Waals surface area contributed by atoms with Gasteiger partial charge in [0.25, 0.3) is 0 Å². The molecule has 0 bridgehead atoms. The lowest BCUT2D eigenvalue weighted by Gasteiger charge is -2.24. The minimum absolute atomic E-state index is 0.774. The van der Waals surface area contributed by atoms with Crippen LogP contribution in [0, 0.1) is 5.92 Å². The van der Waals surface area contributed by atoms with Gasteiger partial charge in [0.2, 0.25) is 0 Å². The highest BCUT2D eigenvalue weighted by atomic mass is 32.2. The fourth-order valence-electron chi connectivity index (χ4n) is 1.97. The van der Waals surface area contributed by atoms with E-state index in [1.54, 1.807) is 0 Å². The maximum Gasteiger partial charge on any atom is 0.0108 e. The second-order valence-corrected chi connectivity index (χ2v) is 5.89. The smallest absolute Gasteiger partial charge is 0.0108 e. The first-order valence-electron chi connectivity index (χ1n) is 6.15. The van der Waals surface area contributed by atoms with Crippen molar-refractivity contribution >= 4 is 11.8 Å². The van der Waals surface area contributed by atoms with Crippen molar-refractivity contribution in [2.45, 2.75) is 30.7 Å². The molecule has 0 spiro atoms. The van der Waals surface area contributed by atoms with Gasteiger partial charge in [0.05, 0.1) is 0 Å². The third-order valence-corrected chi connectivity index (χ3v) is 4.45. The summed E-state index contributed by atoms with van der Waals surface area (Å²) >= 11 is 1.96. The average molecular weight is 235 g/mol. The molecular formula is C14H21NS. The van der Waals surface area contributed by atoms with Crippen LogP contribution in [0.1, 0.15) is 19.8 Å². The summed E-state index contributed by atoms with van der Waals surface area (Å²) in [5.74, 6) is 2.17. The lowest BCUT2D eigenvalue weighted by atomic mass is 10.2. The zero-order valence-corrected chi connectivity index (χ0v) is 11.0. The van der Waals surface area contributed by atoms with Crippen molar-refractivity contribution in [3.8, 4) is 0 Å². The zero-order chi connectivity index (χ0) is 11.4. The molecule has 1 aliphatic rings. The van der Waals surface area contributed by atoms with Crippen LogP contribution in [0.15, 0.2) is 35.2 Å². The first kappa shape index (κ1) is 12.0. The molecule has 1 unspecified atom stereocenters. The Morgan fingerprint density at radius 1 is 1.31 bits per heavy atom. The normalized spacial score (nSPS) is 17.7. The molecule has 0 aliphatic heterocycles. The molecule has 0 heterocycles. The second kappa shape index (κ2) is 5.74. The van der Waals surface area contributed by atoms with Gasteiger partial charge < -0.3 is 4.90 Å². The topological polar surface area (TPSA) is 3.24 Å². The Morgan fingerprint density at radius 3 is 2.62 bits per heavy atom. The minimum Gasteiger partial charge on any atom is -0.303 e. The van der Waals surface area contributed by atoms with Gasteiger partial charge in [-0.25, -0.2) is 0 Å². The van der Waals surface area contributed by atoms with Crippen LogP contribution in [0.4, 0.5) is 0 Å². The van der Waals surface area contributed by atoms with Crippen molar-refractivity contribution in [1.82, 2.24) is 4.90 Å². The van der Waals surface area contributed by atoms with Crippen molar-refractivity contribution in [3.05, 3.63) is 30.3 Å². The summed E-state index contributed by atoms with van der Waals surface area (Å²) in [6, 6.07) is 11.4. The van der Waals surface area contributed by atoms with Gasteiger partial charge in [-0.3, -0.25) is 0 Å². The molecule has 1 atom stereocenters. The van der Waals surface area contributed by atoms with E-state index in [2.05, 4.69) is 49.2 Å². The summed E-state index contributed by atoms with van der Waals surface area (Å²) in [6.07, 6.45) is 2.88. The Kier molecular flexibility index (Phi) is 4.30. The highest BCUT2D eigenvalue weighted by Crippen LogP contribution is 2.34. The van der Waals surface area contributed by atoms with Crippen LogP contribution in [-0.2, 0) is 0 Å². The summed E-state index contributed by atoms with van der Waals surface area (Å²) in [5, 5.41) is 0. The van der Waals surface area contributed by atoms with Crippen LogP contribution in [0.3, 0.4) is 0 Å². The molecule has 1 aliphatic carbocycles. The van der Waals surface area contributed by atoms with Crippen LogP contribution in [0.2, 0.25) is 0 Å². The first-order valence-corrected chi connectivity index (χ1v) is 7.14. The number of hydrogen-bond acceptors (Lipinski definition) is 2. The van der Waals surface area contributed by atoms with Crippen molar-refractivity contribution in [2.75, 3.05) is 19.3 Å². The maximum absolute atomic E-state index is 2.51. The molecule has 1 saturated carbocycles. The van der Waals surface area contributed by atoms with Crippen molar-refractivity contribution in [3.63, 3.8) is 0 Å². The zero-order valence-electron chi connectivity index (χ0n) is 10.2. The molecule has 0 saturated heterocycles.